The number of alkyl carbamates (subject to hydrolysis) is 1. The minimum Gasteiger partial charge on any atom is -0.445 e. The molecule has 0 aromatic heterocycles. The van der Waals surface area contributed by atoms with E-state index in [9.17, 15) is 4.79 Å². The molecule has 2 N–H and O–H groups in total. The summed E-state index contributed by atoms with van der Waals surface area (Å²) in [7, 11) is 1.79. The van der Waals surface area contributed by atoms with Gasteiger partial charge in [0.1, 0.15) is 11.7 Å². The van der Waals surface area contributed by atoms with Crippen LogP contribution in [0.5, 0.6) is 0 Å². The maximum atomic E-state index is 12.4. The molecule has 1 fully saturated rings. The molecular weight excluding hydrogens is 472 g/mol. The number of carbonyl (C=O) groups excluding carboxylic acids is 1. The number of hydrogen-bond acceptors (Lipinski definition) is 4. The SMILES string of the molecule is CCCCNC(=O)O[C@H]1CNC(C(OC)(c2ccc(C(C)(C)CC)cc2)c2ccc(C(C)(C)CC)cc2)C1. The number of nitrogens with one attached hydrogen (secondary N) is 2. The van der Waals surface area contributed by atoms with E-state index in [0.717, 1.165) is 36.8 Å². The van der Waals surface area contributed by atoms with Gasteiger partial charge >= 0.3 is 6.09 Å². The van der Waals surface area contributed by atoms with Gasteiger partial charge in [-0.05, 0) is 52.3 Å². The van der Waals surface area contributed by atoms with E-state index >= 15 is 0 Å². The molecular formula is C33H50N2O3. The maximum absolute atomic E-state index is 12.4. The van der Waals surface area contributed by atoms with Crippen molar-refractivity contribution in [2.45, 2.75) is 109 Å². The third kappa shape index (κ3) is 6.43. The molecule has 5 heteroatoms. The average molecular weight is 523 g/mol. The van der Waals surface area contributed by atoms with Crippen LogP contribution in [-0.4, -0.2) is 38.4 Å². The fourth-order valence-corrected chi connectivity index (χ4v) is 5.36. The van der Waals surface area contributed by atoms with Crippen LogP contribution in [0.4, 0.5) is 4.79 Å². The lowest BCUT2D eigenvalue weighted by Crippen LogP contribution is -2.47. The Balaban J connectivity index is 1.97. The molecule has 1 saturated heterocycles. The monoisotopic (exact) mass is 522 g/mol. The van der Waals surface area contributed by atoms with E-state index in [1.165, 1.54) is 11.1 Å². The Kier molecular flexibility index (Phi) is 10.0. The summed E-state index contributed by atoms with van der Waals surface area (Å²) >= 11 is 0. The van der Waals surface area contributed by atoms with Crippen LogP contribution in [0.2, 0.25) is 0 Å². The fraction of sp³-hybridized carbons (Fsp3) is 0.606. The van der Waals surface area contributed by atoms with Crippen molar-refractivity contribution in [1.29, 1.82) is 0 Å². The maximum Gasteiger partial charge on any atom is 0.407 e. The molecule has 1 amide bonds. The first-order valence-corrected chi connectivity index (χ1v) is 14.5. The van der Waals surface area contributed by atoms with Crippen LogP contribution in [0.15, 0.2) is 48.5 Å². The van der Waals surface area contributed by atoms with Gasteiger partial charge < -0.3 is 20.1 Å². The minimum absolute atomic E-state index is 0.0592. The first-order valence-electron chi connectivity index (χ1n) is 14.5. The highest BCUT2D eigenvalue weighted by atomic mass is 16.6. The summed E-state index contributed by atoms with van der Waals surface area (Å²) in [5.74, 6) is 0. The van der Waals surface area contributed by atoms with Gasteiger partial charge in [-0.3, -0.25) is 0 Å². The van der Waals surface area contributed by atoms with Gasteiger partial charge in [-0.15, -0.1) is 0 Å². The molecule has 0 spiro atoms. The summed E-state index contributed by atoms with van der Waals surface area (Å²) in [5.41, 5.74) is 4.33. The van der Waals surface area contributed by atoms with Gasteiger partial charge in [-0.2, -0.15) is 0 Å². The van der Waals surface area contributed by atoms with E-state index in [1.54, 1.807) is 7.11 Å². The van der Waals surface area contributed by atoms with E-state index < -0.39 is 5.60 Å². The average Bonchev–Trinajstić information content (AvgIpc) is 3.38. The first kappa shape index (κ1) is 30.2. The standard InChI is InChI=1S/C33H50N2O3/c1-9-12-21-34-30(36)38-28-22-29(35-23-28)33(37-8,26-17-13-24(14-18-26)31(4,5)10-2)27-19-15-25(16-20-27)32(6,7)11-3/h13-20,28-29,35H,9-12,21-23H2,1-8H3,(H,34,36)/t28-,29?/m1/s1. The molecule has 3 rings (SSSR count). The summed E-state index contributed by atoms with van der Waals surface area (Å²) in [6, 6.07) is 17.8. The Hall–Kier alpha value is -2.37. The molecule has 5 nitrogen and oxygen atoms in total. The van der Waals surface area contributed by atoms with Gasteiger partial charge in [0, 0.05) is 32.7 Å². The topological polar surface area (TPSA) is 59.6 Å². The Morgan fingerprint density at radius 3 is 1.76 bits per heavy atom. The second-order valence-corrected chi connectivity index (χ2v) is 12.1. The molecule has 0 bridgehead atoms. The smallest absolute Gasteiger partial charge is 0.407 e. The zero-order valence-corrected chi connectivity index (χ0v) is 24.9. The molecule has 1 aliphatic heterocycles. The lowest BCUT2D eigenvalue weighted by Gasteiger charge is -2.40. The van der Waals surface area contributed by atoms with E-state index in [-0.39, 0.29) is 29.1 Å². The van der Waals surface area contributed by atoms with Gasteiger partial charge in [-0.1, -0.05) is 103 Å². The molecule has 0 aliphatic carbocycles. The lowest BCUT2D eigenvalue weighted by molar-refractivity contribution is -0.00969. The Bertz CT molecular complexity index is 968. The lowest BCUT2D eigenvalue weighted by atomic mass is 9.75. The largest absolute Gasteiger partial charge is 0.445 e. The summed E-state index contributed by atoms with van der Waals surface area (Å²) in [6.07, 6.45) is 4.23. The zero-order chi connectivity index (χ0) is 28.0. The van der Waals surface area contributed by atoms with Crippen LogP contribution in [0.1, 0.15) is 103 Å². The molecule has 38 heavy (non-hydrogen) atoms. The highest BCUT2D eigenvalue weighted by Gasteiger charge is 2.47. The number of unbranched alkanes of at least 4 members (excludes halogenated alkanes) is 1. The second kappa shape index (κ2) is 12.7. The molecule has 1 unspecified atom stereocenters. The van der Waals surface area contributed by atoms with Crippen molar-refractivity contribution in [2.75, 3.05) is 20.2 Å². The molecule has 2 atom stereocenters. The third-order valence-corrected chi connectivity index (χ3v) is 8.93. The quantitative estimate of drug-likeness (QED) is 0.289. The normalized spacial score (nSPS) is 18.4. The number of ether oxygens (including phenoxy) is 2. The first-order chi connectivity index (χ1) is 18.0. The van der Waals surface area contributed by atoms with Gasteiger partial charge in [0.05, 0.1) is 0 Å². The molecule has 0 saturated carbocycles. The van der Waals surface area contributed by atoms with Gasteiger partial charge in [0.15, 0.2) is 0 Å². The number of amides is 1. The van der Waals surface area contributed by atoms with Crippen molar-refractivity contribution in [3.05, 3.63) is 70.8 Å². The molecule has 1 heterocycles. The van der Waals surface area contributed by atoms with Crippen LogP contribution >= 0.6 is 0 Å². The zero-order valence-electron chi connectivity index (χ0n) is 24.9. The highest BCUT2D eigenvalue weighted by molar-refractivity contribution is 5.67. The van der Waals surface area contributed by atoms with Crippen LogP contribution in [0.3, 0.4) is 0 Å². The highest BCUT2D eigenvalue weighted by Crippen LogP contribution is 2.42. The molecule has 2 aromatic rings. The number of rotatable bonds is 12. The third-order valence-electron chi connectivity index (χ3n) is 8.93. The van der Waals surface area contributed by atoms with E-state index in [1.807, 2.05) is 0 Å². The Morgan fingerprint density at radius 2 is 1.34 bits per heavy atom. The molecule has 0 radical (unpaired) electrons. The van der Waals surface area contributed by atoms with Gasteiger partial charge in [0.2, 0.25) is 0 Å². The second-order valence-electron chi connectivity index (χ2n) is 12.1. The van der Waals surface area contributed by atoms with Crippen molar-refractivity contribution < 1.29 is 14.3 Å². The Labute approximate surface area is 231 Å². The number of methoxy groups -OCH3 is 1. The number of hydrogen-bond donors (Lipinski definition) is 2. The van der Waals surface area contributed by atoms with Crippen LogP contribution in [0, 0.1) is 0 Å². The van der Waals surface area contributed by atoms with E-state index in [0.29, 0.717) is 19.5 Å². The van der Waals surface area contributed by atoms with E-state index in [4.69, 9.17) is 9.47 Å². The van der Waals surface area contributed by atoms with Crippen molar-refractivity contribution in [1.82, 2.24) is 10.6 Å². The summed E-state index contributed by atoms with van der Waals surface area (Å²) in [4.78, 5) is 12.4. The van der Waals surface area contributed by atoms with Crippen molar-refractivity contribution in [2.24, 2.45) is 0 Å². The van der Waals surface area contributed by atoms with Crippen molar-refractivity contribution in [3.63, 3.8) is 0 Å². The number of carbonyl (C=O) groups is 1. The summed E-state index contributed by atoms with van der Waals surface area (Å²) in [6.45, 7) is 16.9. The van der Waals surface area contributed by atoms with Gasteiger partial charge in [-0.25, -0.2) is 4.79 Å². The van der Waals surface area contributed by atoms with Crippen molar-refractivity contribution in [3.8, 4) is 0 Å². The summed E-state index contributed by atoms with van der Waals surface area (Å²) < 4.78 is 12.3. The van der Waals surface area contributed by atoms with Crippen LogP contribution in [0.25, 0.3) is 0 Å². The predicted molar refractivity (Wildman–Crippen MR) is 157 cm³/mol. The minimum atomic E-state index is -0.722. The van der Waals surface area contributed by atoms with Crippen molar-refractivity contribution >= 4 is 6.09 Å². The van der Waals surface area contributed by atoms with Crippen LogP contribution < -0.4 is 10.6 Å². The fourth-order valence-electron chi connectivity index (χ4n) is 5.36. The molecule has 1 aliphatic rings. The number of benzene rings is 2. The Morgan fingerprint density at radius 1 is 0.868 bits per heavy atom. The molecule has 2 aromatic carbocycles. The predicted octanol–water partition coefficient (Wildman–Crippen LogP) is 7.21. The van der Waals surface area contributed by atoms with Crippen LogP contribution in [-0.2, 0) is 25.9 Å². The molecule has 210 valence electrons. The summed E-state index contributed by atoms with van der Waals surface area (Å²) in [5, 5.41) is 6.52. The van der Waals surface area contributed by atoms with Gasteiger partial charge in [0.25, 0.3) is 0 Å². The van der Waals surface area contributed by atoms with E-state index in [2.05, 4.69) is 108 Å².